The molecular formula is C14H12ClN3O. The van der Waals surface area contributed by atoms with E-state index in [1.165, 1.54) is 0 Å². The summed E-state index contributed by atoms with van der Waals surface area (Å²) in [5, 5.41) is 2.09. The maximum atomic E-state index is 12.2. The quantitative estimate of drug-likeness (QED) is 0.785. The van der Waals surface area contributed by atoms with Crippen LogP contribution in [0.5, 0.6) is 0 Å². The number of rotatable bonds is 1. The molecule has 0 atom stereocenters. The van der Waals surface area contributed by atoms with Crippen LogP contribution in [0, 0.1) is 0 Å². The summed E-state index contributed by atoms with van der Waals surface area (Å²) in [6, 6.07) is 13.7. The van der Waals surface area contributed by atoms with Gasteiger partial charge in [-0.2, -0.15) is 4.51 Å². The molecule has 0 radical (unpaired) electrons. The predicted molar refractivity (Wildman–Crippen MR) is 77.7 cm³/mol. The van der Waals surface area contributed by atoms with E-state index in [-0.39, 0.29) is 6.03 Å². The van der Waals surface area contributed by atoms with Crippen molar-refractivity contribution in [3.8, 4) is 0 Å². The number of anilines is 1. The molecule has 2 aromatic carbocycles. The van der Waals surface area contributed by atoms with Gasteiger partial charge in [0, 0.05) is 24.2 Å². The molecule has 19 heavy (non-hydrogen) atoms. The van der Waals surface area contributed by atoms with Crippen LogP contribution in [0.15, 0.2) is 47.0 Å². The third-order valence-corrected chi connectivity index (χ3v) is 3.45. The van der Waals surface area contributed by atoms with Crippen molar-refractivity contribution in [3.05, 3.63) is 42.5 Å². The second kappa shape index (κ2) is 4.55. The number of nitrogens with zero attached hydrogens (tertiary/aromatic N) is 3. The summed E-state index contributed by atoms with van der Waals surface area (Å²) in [6.45, 7) is 0.422. The van der Waals surface area contributed by atoms with E-state index in [4.69, 9.17) is 11.8 Å². The Bertz CT molecular complexity index is 678. The molecule has 0 aliphatic carbocycles. The molecular weight excluding hydrogens is 262 g/mol. The Kier molecular flexibility index (Phi) is 2.87. The number of benzene rings is 2. The van der Waals surface area contributed by atoms with Gasteiger partial charge < -0.3 is 4.90 Å². The molecule has 0 saturated carbocycles. The highest BCUT2D eigenvalue weighted by Crippen LogP contribution is 2.30. The van der Waals surface area contributed by atoms with Gasteiger partial charge in [-0.25, -0.2) is 9.69 Å². The number of hydrogen-bond donors (Lipinski definition) is 0. The predicted octanol–water partition coefficient (Wildman–Crippen LogP) is 3.26. The van der Waals surface area contributed by atoms with Gasteiger partial charge in [0.1, 0.15) is 0 Å². The molecule has 1 fully saturated rings. The minimum absolute atomic E-state index is 0.115. The zero-order chi connectivity index (χ0) is 13.4. The highest BCUT2D eigenvalue weighted by Gasteiger charge is 2.33. The molecule has 0 spiro atoms. The van der Waals surface area contributed by atoms with Gasteiger partial charge in [-0.1, -0.05) is 36.4 Å². The van der Waals surface area contributed by atoms with Crippen molar-refractivity contribution in [2.45, 2.75) is 0 Å². The van der Waals surface area contributed by atoms with Crippen molar-refractivity contribution in [2.75, 3.05) is 18.5 Å². The first-order chi connectivity index (χ1) is 9.22. The Balaban J connectivity index is 2.21. The first-order valence-corrected chi connectivity index (χ1v) is 6.27. The Labute approximate surface area is 116 Å². The van der Waals surface area contributed by atoms with Crippen LogP contribution >= 0.6 is 11.8 Å². The topological polar surface area (TPSA) is 35.9 Å². The van der Waals surface area contributed by atoms with Crippen LogP contribution < -0.4 is 4.90 Å². The van der Waals surface area contributed by atoms with Gasteiger partial charge in [0.2, 0.25) is 0 Å². The molecule has 0 bridgehead atoms. The molecule has 0 unspecified atom stereocenters. The van der Waals surface area contributed by atoms with Crippen LogP contribution in [0.3, 0.4) is 0 Å². The molecule has 2 amide bonds. The molecule has 4 nitrogen and oxygen atoms in total. The number of fused-ring (bicyclic) bond motifs is 1. The molecule has 96 valence electrons. The summed E-state index contributed by atoms with van der Waals surface area (Å²) in [6.07, 6.45) is 0. The van der Waals surface area contributed by atoms with E-state index in [0.717, 1.165) is 16.5 Å². The minimum atomic E-state index is -0.115. The SMILES string of the molecule is CN1CC(=NCl)N(c2cccc3ccccc23)C1=O. The van der Waals surface area contributed by atoms with E-state index in [9.17, 15) is 4.79 Å². The third kappa shape index (κ3) is 1.85. The second-order valence-corrected chi connectivity index (χ2v) is 4.64. The second-order valence-electron chi connectivity index (χ2n) is 4.47. The highest BCUT2D eigenvalue weighted by atomic mass is 35.5. The molecule has 1 aliphatic heterocycles. The lowest BCUT2D eigenvalue weighted by atomic mass is 10.1. The average Bonchev–Trinajstić information content (AvgIpc) is 2.74. The van der Waals surface area contributed by atoms with Crippen LogP contribution in [-0.2, 0) is 0 Å². The fourth-order valence-electron chi connectivity index (χ4n) is 2.34. The lowest BCUT2D eigenvalue weighted by Gasteiger charge is -2.18. The Morgan fingerprint density at radius 1 is 1.16 bits per heavy atom. The Morgan fingerprint density at radius 3 is 2.68 bits per heavy atom. The highest BCUT2D eigenvalue weighted by molar-refractivity contribution is 6.30. The Morgan fingerprint density at radius 2 is 1.89 bits per heavy atom. The zero-order valence-electron chi connectivity index (χ0n) is 10.4. The van der Waals surface area contributed by atoms with Crippen LogP contribution in [0.2, 0.25) is 0 Å². The van der Waals surface area contributed by atoms with E-state index in [1.54, 1.807) is 16.8 Å². The van der Waals surface area contributed by atoms with Crippen LogP contribution in [0.1, 0.15) is 0 Å². The van der Waals surface area contributed by atoms with Crippen LogP contribution in [-0.4, -0.2) is 30.4 Å². The normalized spacial score (nSPS) is 17.8. The minimum Gasteiger partial charge on any atom is -0.320 e. The van der Waals surface area contributed by atoms with Gasteiger partial charge in [-0.3, -0.25) is 0 Å². The maximum Gasteiger partial charge on any atom is 0.330 e. The average molecular weight is 274 g/mol. The molecule has 0 N–H and O–H groups in total. The number of carbonyl (C=O) groups is 1. The van der Waals surface area contributed by atoms with Gasteiger partial charge in [-0.05, 0) is 11.5 Å². The number of hydrogen-bond acceptors (Lipinski definition) is 2. The number of carbonyl (C=O) groups excluding carboxylic acids is 1. The molecule has 3 rings (SSSR count). The summed E-state index contributed by atoms with van der Waals surface area (Å²) in [5.41, 5.74) is 0.812. The molecule has 0 aromatic heterocycles. The zero-order valence-corrected chi connectivity index (χ0v) is 11.1. The summed E-state index contributed by atoms with van der Waals surface area (Å²) < 4.78 is 3.71. The molecule has 1 aliphatic rings. The summed E-state index contributed by atoms with van der Waals surface area (Å²) >= 11 is 5.60. The first-order valence-electron chi connectivity index (χ1n) is 5.93. The Hall–Kier alpha value is -2.07. The van der Waals surface area contributed by atoms with Crippen molar-refractivity contribution in [1.82, 2.24) is 4.90 Å². The number of likely N-dealkylation sites (N-methyl/N-ethyl adjacent to an activating group) is 1. The van der Waals surface area contributed by atoms with Crippen LogP contribution in [0.25, 0.3) is 10.8 Å². The van der Waals surface area contributed by atoms with Crippen molar-refractivity contribution < 1.29 is 4.79 Å². The van der Waals surface area contributed by atoms with Gasteiger partial charge in [0.25, 0.3) is 0 Å². The number of urea groups is 1. The fourth-order valence-corrected chi connectivity index (χ4v) is 2.47. The number of amidine groups is 1. The van der Waals surface area contributed by atoms with E-state index in [0.29, 0.717) is 12.4 Å². The summed E-state index contributed by atoms with van der Waals surface area (Å²) in [4.78, 5) is 15.4. The molecule has 1 saturated heterocycles. The van der Waals surface area contributed by atoms with Gasteiger partial charge in [0.15, 0.2) is 5.84 Å². The van der Waals surface area contributed by atoms with Crippen molar-refractivity contribution in [1.29, 1.82) is 0 Å². The summed E-state index contributed by atoms with van der Waals surface area (Å²) in [5.74, 6) is 0.547. The monoisotopic (exact) mass is 273 g/mol. The molecule has 5 heteroatoms. The first kappa shape index (κ1) is 12.0. The van der Waals surface area contributed by atoms with E-state index < -0.39 is 0 Å². The fraction of sp³-hybridized carbons (Fsp3) is 0.143. The number of amides is 2. The van der Waals surface area contributed by atoms with Gasteiger partial charge in [0.05, 0.1) is 12.2 Å². The van der Waals surface area contributed by atoms with Crippen LogP contribution in [0.4, 0.5) is 10.5 Å². The maximum absolute atomic E-state index is 12.2. The molecule has 1 heterocycles. The van der Waals surface area contributed by atoms with E-state index in [2.05, 4.69) is 4.51 Å². The van der Waals surface area contributed by atoms with E-state index >= 15 is 0 Å². The van der Waals surface area contributed by atoms with Crippen molar-refractivity contribution >= 4 is 40.1 Å². The standard InChI is InChI=1S/C14H12ClN3O/c1-17-9-13(16-15)18(14(17)19)12-8-4-6-10-5-2-3-7-11(10)12/h2-8H,9H2,1H3. The van der Waals surface area contributed by atoms with Crippen molar-refractivity contribution in [2.24, 2.45) is 4.51 Å². The largest absolute Gasteiger partial charge is 0.330 e. The van der Waals surface area contributed by atoms with Gasteiger partial charge >= 0.3 is 6.03 Å². The lowest BCUT2D eigenvalue weighted by molar-refractivity contribution is 0.229. The summed E-state index contributed by atoms with van der Waals surface area (Å²) in [7, 11) is 1.73. The van der Waals surface area contributed by atoms with E-state index in [1.807, 2.05) is 42.5 Å². The number of halogens is 1. The third-order valence-electron chi connectivity index (χ3n) is 3.26. The van der Waals surface area contributed by atoms with Gasteiger partial charge in [-0.15, -0.1) is 0 Å². The molecule has 2 aromatic rings. The van der Waals surface area contributed by atoms with Crippen molar-refractivity contribution in [3.63, 3.8) is 0 Å². The lowest BCUT2D eigenvalue weighted by Crippen LogP contribution is -2.31. The smallest absolute Gasteiger partial charge is 0.320 e.